The normalized spacial score (nSPS) is 19.1. The Labute approximate surface area is 132 Å². The van der Waals surface area contributed by atoms with Crippen molar-refractivity contribution in [3.63, 3.8) is 0 Å². The van der Waals surface area contributed by atoms with Gasteiger partial charge in [0, 0.05) is 24.8 Å². The third-order valence-corrected chi connectivity index (χ3v) is 5.01. The van der Waals surface area contributed by atoms with Gasteiger partial charge in [-0.2, -0.15) is 0 Å². The van der Waals surface area contributed by atoms with Crippen LogP contribution in [0.25, 0.3) is 0 Å². The maximum absolute atomic E-state index is 5.95. The molecule has 21 heavy (non-hydrogen) atoms. The molecule has 0 spiro atoms. The average Bonchev–Trinajstić information content (AvgIpc) is 2.93. The predicted molar refractivity (Wildman–Crippen MR) is 91.1 cm³/mol. The van der Waals surface area contributed by atoms with E-state index >= 15 is 0 Å². The summed E-state index contributed by atoms with van der Waals surface area (Å²) in [6.45, 7) is 2.06. The fourth-order valence-electron chi connectivity index (χ4n) is 3.48. The number of nitrogens with two attached hydrogens (primary N) is 1. The molecule has 0 bridgehead atoms. The highest BCUT2D eigenvalue weighted by molar-refractivity contribution is 7.80. The summed E-state index contributed by atoms with van der Waals surface area (Å²) in [5, 5.41) is 0. The van der Waals surface area contributed by atoms with E-state index in [2.05, 4.69) is 30.0 Å². The van der Waals surface area contributed by atoms with Gasteiger partial charge in [-0.25, -0.2) is 4.98 Å². The second kappa shape index (κ2) is 5.89. The maximum Gasteiger partial charge on any atom is 0.139 e. The lowest BCUT2D eigenvalue weighted by Crippen LogP contribution is -2.43. The fraction of sp³-hybridized carbons (Fsp3) is 0.625. The van der Waals surface area contributed by atoms with Gasteiger partial charge in [-0.3, -0.25) is 0 Å². The van der Waals surface area contributed by atoms with Crippen LogP contribution in [-0.4, -0.2) is 48.1 Å². The number of rotatable bonds is 3. The van der Waals surface area contributed by atoms with Crippen molar-refractivity contribution in [2.75, 3.05) is 32.1 Å². The summed E-state index contributed by atoms with van der Waals surface area (Å²) < 4.78 is 0. The van der Waals surface area contributed by atoms with Crippen LogP contribution in [0.2, 0.25) is 0 Å². The zero-order chi connectivity index (χ0) is 15.0. The number of nitrogens with zero attached hydrogens (tertiary/aromatic N) is 3. The maximum atomic E-state index is 5.95. The molecular weight excluding hydrogens is 280 g/mol. The second-order valence-electron chi connectivity index (χ2n) is 6.36. The number of hydrogen-bond acceptors (Lipinski definition) is 4. The Hall–Kier alpha value is -1.20. The number of thiocarbonyl (C=S) groups is 1. The SMILES string of the molecule is CN(C)C1CCN(c2nc3c(cc2C(N)=S)CCC3)CC1. The van der Waals surface area contributed by atoms with Crippen LogP contribution >= 0.6 is 12.2 Å². The van der Waals surface area contributed by atoms with E-state index in [1.807, 2.05) is 0 Å². The third-order valence-electron chi connectivity index (χ3n) is 4.79. The molecule has 0 unspecified atom stereocenters. The summed E-state index contributed by atoms with van der Waals surface area (Å²) in [6.07, 6.45) is 5.74. The molecule has 1 fully saturated rings. The second-order valence-corrected chi connectivity index (χ2v) is 6.80. The van der Waals surface area contributed by atoms with Crippen LogP contribution < -0.4 is 10.6 Å². The van der Waals surface area contributed by atoms with E-state index in [0.29, 0.717) is 11.0 Å². The lowest BCUT2D eigenvalue weighted by Gasteiger charge is -2.36. The number of pyridine rings is 1. The molecule has 2 heterocycles. The van der Waals surface area contributed by atoms with E-state index in [4.69, 9.17) is 22.9 Å². The van der Waals surface area contributed by atoms with Crippen molar-refractivity contribution >= 4 is 23.0 Å². The molecular formula is C16H24N4S. The molecule has 2 aliphatic rings. The fourth-order valence-corrected chi connectivity index (χ4v) is 3.63. The summed E-state index contributed by atoms with van der Waals surface area (Å²) in [6, 6.07) is 2.86. The van der Waals surface area contributed by atoms with Gasteiger partial charge in [-0.05, 0) is 57.8 Å². The first-order valence-corrected chi connectivity index (χ1v) is 8.21. The number of aromatic nitrogens is 1. The first-order chi connectivity index (χ1) is 10.1. The third kappa shape index (κ3) is 2.90. The molecule has 4 nitrogen and oxygen atoms in total. The Balaban J connectivity index is 1.86. The van der Waals surface area contributed by atoms with Crippen molar-refractivity contribution in [2.24, 2.45) is 5.73 Å². The molecule has 2 N–H and O–H groups in total. The molecule has 0 atom stereocenters. The van der Waals surface area contributed by atoms with Gasteiger partial charge in [-0.15, -0.1) is 0 Å². The van der Waals surface area contributed by atoms with Crippen LogP contribution in [0.1, 0.15) is 36.1 Å². The van der Waals surface area contributed by atoms with Crippen LogP contribution in [0, 0.1) is 0 Å². The zero-order valence-corrected chi connectivity index (χ0v) is 13.7. The van der Waals surface area contributed by atoms with Crippen LogP contribution in [0.4, 0.5) is 5.82 Å². The highest BCUT2D eigenvalue weighted by Gasteiger charge is 2.25. The van der Waals surface area contributed by atoms with E-state index in [9.17, 15) is 0 Å². The Bertz CT molecular complexity index is 547. The van der Waals surface area contributed by atoms with Gasteiger partial charge in [0.1, 0.15) is 10.8 Å². The standard InChI is InChI=1S/C16H24N4S/c1-19(2)12-6-8-20(9-7-12)16-13(15(17)21)10-11-4-3-5-14(11)18-16/h10,12H,3-9H2,1-2H3,(H2,17,21). The van der Waals surface area contributed by atoms with Crippen molar-refractivity contribution in [2.45, 2.75) is 38.1 Å². The molecule has 1 aromatic heterocycles. The summed E-state index contributed by atoms with van der Waals surface area (Å²) in [5.41, 5.74) is 9.50. The Kier molecular flexibility index (Phi) is 4.13. The molecule has 0 amide bonds. The molecule has 1 saturated heterocycles. The average molecular weight is 304 g/mol. The minimum Gasteiger partial charge on any atom is -0.389 e. The zero-order valence-electron chi connectivity index (χ0n) is 12.9. The van der Waals surface area contributed by atoms with Crippen LogP contribution in [0.3, 0.4) is 0 Å². The van der Waals surface area contributed by atoms with Gasteiger partial charge in [-0.1, -0.05) is 12.2 Å². The van der Waals surface area contributed by atoms with Crippen LogP contribution in [-0.2, 0) is 12.8 Å². The molecule has 114 valence electrons. The number of aryl methyl sites for hydroxylation is 2. The van der Waals surface area contributed by atoms with Crippen molar-refractivity contribution in [3.05, 3.63) is 22.9 Å². The quantitative estimate of drug-likeness (QED) is 0.862. The summed E-state index contributed by atoms with van der Waals surface area (Å²) in [7, 11) is 4.32. The minimum absolute atomic E-state index is 0.474. The van der Waals surface area contributed by atoms with Crippen LogP contribution in [0.15, 0.2) is 6.07 Å². The summed E-state index contributed by atoms with van der Waals surface area (Å²) in [5.74, 6) is 1.01. The number of piperidine rings is 1. The molecule has 1 aliphatic heterocycles. The van der Waals surface area contributed by atoms with E-state index in [0.717, 1.165) is 37.3 Å². The smallest absolute Gasteiger partial charge is 0.139 e. The molecule has 1 aromatic rings. The molecule has 0 radical (unpaired) electrons. The van der Waals surface area contributed by atoms with E-state index < -0.39 is 0 Å². The Morgan fingerprint density at radius 1 is 1.33 bits per heavy atom. The Morgan fingerprint density at radius 3 is 2.67 bits per heavy atom. The van der Waals surface area contributed by atoms with Gasteiger partial charge >= 0.3 is 0 Å². The topological polar surface area (TPSA) is 45.4 Å². The van der Waals surface area contributed by atoms with Crippen molar-refractivity contribution in [3.8, 4) is 0 Å². The molecule has 1 aliphatic carbocycles. The predicted octanol–water partition coefficient (Wildman–Crippen LogP) is 1.73. The van der Waals surface area contributed by atoms with Crippen molar-refractivity contribution in [1.29, 1.82) is 0 Å². The van der Waals surface area contributed by atoms with Crippen LogP contribution in [0.5, 0.6) is 0 Å². The number of hydrogen-bond donors (Lipinski definition) is 1. The van der Waals surface area contributed by atoms with Gasteiger partial charge in [0.2, 0.25) is 0 Å². The largest absolute Gasteiger partial charge is 0.389 e. The van der Waals surface area contributed by atoms with Crippen molar-refractivity contribution < 1.29 is 0 Å². The van der Waals surface area contributed by atoms with Crippen molar-refractivity contribution in [1.82, 2.24) is 9.88 Å². The number of anilines is 1. The summed E-state index contributed by atoms with van der Waals surface area (Å²) in [4.78, 5) is 10.1. The van der Waals surface area contributed by atoms with Gasteiger partial charge < -0.3 is 15.5 Å². The molecule has 5 heteroatoms. The highest BCUT2D eigenvalue weighted by Crippen LogP contribution is 2.29. The minimum atomic E-state index is 0.474. The van der Waals surface area contributed by atoms with Gasteiger partial charge in [0.05, 0.1) is 5.56 Å². The molecule has 0 aromatic carbocycles. The van der Waals surface area contributed by atoms with Gasteiger partial charge in [0.25, 0.3) is 0 Å². The van der Waals surface area contributed by atoms with E-state index in [1.165, 1.54) is 30.5 Å². The first-order valence-electron chi connectivity index (χ1n) is 7.80. The van der Waals surface area contributed by atoms with E-state index in [-0.39, 0.29) is 0 Å². The molecule has 0 saturated carbocycles. The first kappa shape index (κ1) is 14.7. The lowest BCUT2D eigenvalue weighted by atomic mass is 10.0. The highest BCUT2D eigenvalue weighted by atomic mass is 32.1. The van der Waals surface area contributed by atoms with Gasteiger partial charge in [0.15, 0.2) is 0 Å². The number of fused-ring (bicyclic) bond motifs is 1. The summed E-state index contributed by atoms with van der Waals surface area (Å²) >= 11 is 5.26. The molecule has 3 rings (SSSR count). The lowest BCUT2D eigenvalue weighted by molar-refractivity contribution is 0.249. The monoisotopic (exact) mass is 304 g/mol. The Morgan fingerprint density at radius 2 is 2.05 bits per heavy atom. The van der Waals surface area contributed by atoms with E-state index in [1.54, 1.807) is 0 Å².